The van der Waals surface area contributed by atoms with Gasteiger partial charge in [0.25, 0.3) is 0 Å². The second-order valence-corrected chi connectivity index (χ2v) is 5.26. The maximum Gasteiger partial charge on any atom is 0.451 e. The van der Waals surface area contributed by atoms with Gasteiger partial charge in [-0.1, -0.05) is 0 Å². The van der Waals surface area contributed by atoms with Gasteiger partial charge in [-0.25, -0.2) is 15.8 Å². The molecule has 0 aromatic carbocycles. The van der Waals surface area contributed by atoms with Crippen molar-refractivity contribution in [2.75, 3.05) is 37.5 Å². The molecule has 1 saturated heterocycles. The van der Waals surface area contributed by atoms with Gasteiger partial charge in [0, 0.05) is 25.2 Å². The molecular formula is C12H19F3N6. The van der Waals surface area contributed by atoms with Gasteiger partial charge >= 0.3 is 6.18 Å². The molecule has 2 heterocycles. The van der Waals surface area contributed by atoms with Crippen molar-refractivity contribution in [1.82, 2.24) is 14.9 Å². The predicted molar refractivity (Wildman–Crippen MR) is 73.8 cm³/mol. The third-order valence-electron chi connectivity index (χ3n) is 3.63. The van der Waals surface area contributed by atoms with Crippen LogP contribution in [0.1, 0.15) is 18.7 Å². The minimum atomic E-state index is -4.59. The summed E-state index contributed by atoms with van der Waals surface area (Å²) in [5.41, 5.74) is 2.16. The van der Waals surface area contributed by atoms with Crippen LogP contribution in [0.2, 0.25) is 0 Å². The number of alkyl halides is 3. The van der Waals surface area contributed by atoms with Crippen LogP contribution in [0.25, 0.3) is 0 Å². The van der Waals surface area contributed by atoms with Crippen molar-refractivity contribution in [2.45, 2.75) is 25.1 Å². The minimum absolute atomic E-state index is 0.0398. The molecule has 0 amide bonds. The molecule has 0 saturated carbocycles. The Morgan fingerprint density at radius 3 is 2.38 bits per heavy atom. The number of piperidine rings is 1. The zero-order valence-electron chi connectivity index (χ0n) is 12.0. The largest absolute Gasteiger partial charge is 0.451 e. The molecule has 0 bridgehead atoms. The van der Waals surface area contributed by atoms with Crippen LogP contribution in [-0.4, -0.2) is 48.1 Å². The summed E-state index contributed by atoms with van der Waals surface area (Å²) >= 11 is 0. The molecule has 1 aliphatic rings. The molecule has 118 valence electrons. The SMILES string of the molecule is CN(C)C1CCN(c2cc(NN)nc(C(F)(F)F)n2)CC1. The number of hydrazine groups is 1. The maximum atomic E-state index is 12.8. The van der Waals surface area contributed by atoms with Crippen molar-refractivity contribution in [3.63, 3.8) is 0 Å². The highest BCUT2D eigenvalue weighted by molar-refractivity contribution is 5.49. The smallest absolute Gasteiger partial charge is 0.356 e. The predicted octanol–water partition coefficient (Wildman–Crippen LogP) is 1.31. The van der Waals surface area contributed by atoms with E-state index in [2.05, 4.69) is 20.3 Å². The molecule has 0 spiro atoms. The average molecular weight is 304 g/mol. The van der Waals surface area contributed by atoms with Crippen molar-refractivity contribution >= 4 is 11.6 Å². The van der Waals surface area contributed by atoms with Crippen molar-refractivity contribution in [1.29, 1.82) is 0 Å². The summed E-state index contributed by atoms with van der Waals surface area (Å²) in [6, 6.07) is 1.88. The lowest BCUT2D eigenvalue weighted by atomic mass is 10.0. The fraction of sp³-hybridized carbons (Fsp3) is 0.667. The van der Waals surface area contributed by atoms with E-state index in [1.54, 1.807) is 0 Å². The second kappa shape index (κ2) is 6.02. The van der Waals surface area contributed by atoms with Crippen molar-refractivity contribution in [2.24, 2.45) is 5.84 Å². The second-order valence-electron chi connectivity index (χ2n) is 5.26. The van der Waals surface area contributed by atoms with Crippen LogP contribution in [0.3, 0.4) is 0 Å². The average Bonchev–Trinajstić information content (AvgIpc) is 2.46. The molecule has 0 radical (unpaired) electrons. The normalized spacial score (nSPS) is 17.4. The van der Waals surface area contributed by atoms with Gasteiger partial charge in [0.05, 0.1) is 0 Å². The summed E-state index contributed by atoms with van der Waals surface area (Å²) in [6.45, 7) is 1.31. The van der Waals surface area contributed by atoms with E-state index in [4.69, 9.17) is 5.84 Å². The molecular weight excluding hydrogens is 285 g/mol. The first kappa shape index (κ1) is 15.8. The number of halogens is 3. The Bertz CT molecular complexity index is 482. The lowest BCUT2D eigenvalue weighted by Gasteiger charge is -2.36. The van der Waals surface area contributed by atoms with Gasteiger partial charge in [0.15, 0.2) is 0 Å². The van der Waals surface area contributed by atoms with Gasteiger partial charge in [-0.15, -0.1) is 0 Å². The number of anilines is 2. The molecule has 0 aliphatic carbocycles. The third-order valence-corrected chi connectivity index (χ3v) is 3.63. The number of nitrogens with one attached hydrogen (secondary N) is 1. The van der Waals surface area contributed by atoms with Crippen LogP contribution in [0, 0.1) is 0 Å². The summed E-state index contributed by atoms with van der Waals surface area (Å²) in [7, 11) is 4.01. The standard InChI is InChI=1S/C12H19F3N6/c1-20(2)8-3-5-21(6-4-8)10-7-9(19-16)17-11(18-10)12(13,14)15/h7-8H,3-6,16H2,1-2H3,(H,17,18,19). The van der Waals surface area contributed by atoms with E-state index in [1.165, 1.54) is 6.07 Å². The van der Waals surface area contributed by atoms with Gasteiger partial charge in [0.2, 0.25) is 5.82 Å². The van der Waals surface area contributed by atoms with Crippen molar-refractivity contribution < 1.29 is 13.2 Å². The van der Waals surface area contributed by atoms with E-state index in [1.807, 2.05) is 19.0 Å². The first-order valence-electron chi connectivity index (χ1n) is 6.65. The lowest BCUT2D eigenvalue weighted by molar-refractivity contribution is -0.144. The number of nitrogens with zero attached hydrogens (tertiary/aromatic N) is 4. The van der Waals surface area contributed by atoms with Crippen LogP contribution in [-0.2, 0) is 6.18 Å². The van der Waals surface area contributed by atoms with Crippen LogP contribution < -0.4 is 16.2 Å². The van der Waals surface area contributed by atoms with E-state index in [0.29, 0.717) is 19.1 Å². The highest BCUT2D eigenvalue weighted by Gasteiger charge is 2.36. The van der Waals surface area contributed by atoms with Crippen LogP contribution in [0.4, 0.5) is 24.8 Å². The molecule has 3 N–H and O–H groups in total. The fourth-order valence-electron chi connectivity index (χ4n) is 2.41. The van der Waals surface area contributed by atoms with E-state index in [-0.39, 0.29) is 11.6 Å². The van der Waals surface area contributed by atoms with E-state index in [0.717, 1.165) is 12.8 Å². The van der Waals surface area contributed by atoms with Crippen molar-refractivity contribution in [3.05, 3.63) is 11.9 Å². The molecule has 21 heavy (non-hydrogen) atoms. The Morgan fingerprint density at radius 2 is 1.90 bits per heavy atom. The van der Waals surface area contributed by atoms with E-state index >= 15 is 0 Å². The van der Waals surface area contributed by atoms with Gasteiger partial charge in [-0.2, -0.15) is 13.2 Å². The van der Waals surface area contributed by atoms with Gasteiger partial charge in [-0.3, -0.25) is 0 Å². The number of hydrogen-bond acceptors (Lipinski definition) is 6. The summed E-state index contributed by atoms with van der Waals surface area (Å²) < 4.78 is 38.4. The Labute approximate surface area is 121 Å². The molecule has 0 unspecified atom stereocenters. The molecule has 9 heteroatoms. The summed E-state index contributed by atoms with van der Waals surface area (Å²) in [6.07, 6.45) is -2.84. The zero-order valence-corrected chi connectivity index (χ0v) is 12.0. The molecule has 1 aromatic heterocycles. The summed E-state index contributed by atoms with van der Waals surface area (Å²) in [5, 5.41) is 0. The number of rotatable bonds is 3. The highest BCUT2D eigenvalue weighted by atomic mass is 19.4. The lowest BCUT2D eigenvalue weighted by Crippen LogP contribution is -2.42. The summed E-state index contributed by atoms with van der Waals surface area (Å²) in [4.78, 5) is 10.9. The fourth-order valence-corrected chi connectivity index (χ4v) is 2.41. The first-order chi connectivity index (χ1) is 9.81. The van der Waals surface area contributed by atoms with Gasteiger partial charge in [0.1, 0.15) is 11.6 Å². The molecule has 6 nitrogen and oxygen atoms in total. The number of nitrogens with two attached hydrogens (primary N) is 1. The van der Waals surface area contributed by atoms with Gasteiger partial charge in [-0.05, 0) is 26.9 Å². The number of aromatic nitrogens is 2. The van der Waals surface area contributed by atoms with Crippen LogP contribution in [0.5, 0.6) is 0 Å². The van der Waals surface area contributed by atoms with Crippen LogP contribution >= 0.6 is 0 Å². The third kappa shape index (κ3) is 3.73. The Kier molecular flexibility index (Phi) is 4.52. The highest BCUT2D eigenvalue weighted by Crippen LogP contribution is 2.30. The van der Waals surface area contributed by atoms with Crippen molar-refractivity contribution in [3.8, 4) is 0 Å². The quantitative estimate of drug-likeness (QED) is 0.648. The zero-order chi connectivity index (χ0) is 15.6. The number of nitrogen functional groups attached to an aromatic ring is 1. The maximum absolute atomic E-state index is 12.8. The molecule has 1 fully saturated rings. The summed E-state index contributed by atoms with van der Waals surface area (Å²) in [5.74, 6) is 4.22. The molecule has 1 aromatic rings. The minimum Gasteiger partial charge on any atom is -0.356 e. The topological polar surface area (TPSA) is 70.3 Å². The molecule has 2 rings (SSSR count). The Hall–Kier alpha value is -1.61. The Balaban J connectivity index is 2.20. The first-order valence-corrected chi connectivity index (χ1v) is 6.65. The Morgan fingerprint density at radius 1 is 1.29 bits per heavy atom. The monoisotopic (exact) mass is 304 g/mol. The van der Waals surface area contributed by atoms with Crippen LogP contribution in [0.15, 0.2) is 6.07 Å². The van der Waals surface area contributed by atoms with E-state index in [9.17, 15) is 13.2 Å². The van der Waals surface area contributed by atoms with E-state index < -0.39 is 12.0 Å². The molecule has 1 aliphatic heterocycles. The molecule has 0 atom stereocenters. The van der Waals surface area contributed by atoms with Gasteiger partial charge < -0.3 is 15.2 Å². The number of hydrogen-bond donors (Lipinski definition) is 2.